The van der Waals surface area contributed by atoms with Crippen LogP contribution in [0.5, 0.6) is 0 Å². The Morgan fingerprint density at radius 3 is 2.52 bits per heavy atom. The first-order valence-corrected chi connectivity index (χ1v) is 12.1. The lowest BCUT2D eigenvalue weighted by Crippen LogP contribution is -2.56. The molecule has 4 aliphatic carbocycles. The van der Waals surface area contributed by atoms with Crippen molar-refractivity contribution < 1.29 is 14.7 Å². The van der Waals surface area contributed by atoms with Gasteiger partial charge in [-0.15, -0.1) is 0 Å². The molecule has 4 fully saturated rings. The molecule has 0 aromatic heterocycles. The number of rotatable bonds is 4. The predicted octanol–water partition coefficient (Wildman–Crippen LogP) is 6.27. The topological polar surface area (TPSA) is 54.4 Å². The summed E-state index contributed by atoms with van der Waals surface area (Å²) < 4.78 is 0. The van der Waals surface area contributed by atoms with Crippen LogP contribution in [0.25, 0.3) is 0 Å². The first-order chi connectivity index (χ1) is 13.7. The van der Waals surface area contributed by atoms with E-state index >= 15 is 0 Å². The molecule has 0 heterocycles. The van der Waals surface area contributed by atoms with E-state index in [2.05, 4.69) is 20.8 Å². The number of allylic oxidation sites excluding steroid dienone is 1. The van der Waals surface area contributed by atoms with Crippen LogP contribution in [0.3, 0.4) is 0 Å². The van der Waals surface area contributed by atoms with Crippen molar-refractivity contribution in [1.82, 2.24) is 0 Å². The van der Waals surface area contributed by atoms with Gasteiger partial charge in [0.25, 0.3) is 0 Å². The smallest absolute Gasteiger partial charge is 0.331 e. The summed E-state index contributed by atoms with van der Waals surface area (Å²) in [4.78, 5) is 24.9. The second-order valence-electron chi connectivity index (χ2n) is 11.4. The molecule has 29 heavy (non-hydrogen) atoms. The van der Waals surface area contributed by atoms with Crippen molar-refractivity contribution >= 4 is 11.8 Å². The van der Waals surface area contributed by atoms with Crippen molar-refractivity contribution in [3.05, 3.63) is 11.6 Å². The van der Waals surface area contributed by atoms with Crippen molar-refractivity contribution in [3.8, 4) is 0 Å². The van der Waals surface area contributed by atoms with E-state index in [0.29, 0.717) is 52.8 Å². The monoisotopic (exact) mass is 400 g/mol. The van der Waals surface area contributed by atoms with Gasteiger partial charge in [0.2, 0.25) is 0 Å². The van der Waals surface area contributed by atoms with Gasteiger partial charge in [0, 0.05) is 17.9 Å². The normalized spacial score (nSPS) is 45.9. The minimum absolute atomic E-state index is 0.200. The van der Waals surface area contributed by atoms with Gasteiger partial charge in [-0.05, 0) is 92.3 Å². The highest BCUT2D eigenvalue weighted by Gasteiger charge is 2.62. The third-order valence-electron chi connectivity index (χ3n) is 10.3. The molecule has 0 bridgehead atoms. The zero-order chi connectivity index (χ0) is 21.0. The summed E-state index contributed by atoms with van der Waals surface area (Å²) in [5.41, 5.74) is 1.12. The van der Waals surface area contributed by atoms with Crippen molar-refractivity contribution in [2.45, 2.75) is 91.9 Å². The lowest BCUT2D eigenvalue weighted by Gasteiger charge is -2.60. The Bertz CT molecular complexity index is 709. The lowest BCUT2D eigenvalue weighted by molar-refractivity contribution is -0.156. The van der Waals surface area contributed by atoms with E-state index in [1.165, 1.54) is 38.5 Å². The molecule has 0 aromatic carbocycles. The van der Waals surface area contributed by atoms with E-state index < -0.39 is 5.97 Å². The van der Waals surface area contributed by atoms with Gasteiger partial charge in [-0.3, -0.25) is 4.79 Å². The number of Topliss-reactive ketones (excluding diaryl/α,β-unsaturated/α-hetero) is 1. The van der Waals surface area contributed by atoms with E-state index in [9.17, 15) is 14.7 Å². The van der Waals surface area contributed by atoms with Gasteiger partial charge in [0.05, 0.1) is 0 Å². The minimum atomic E-state index is -0.776. The van der Waals surface area contributed by atoms with Gasteiger partial charge in [-0.1, -0.05) is 39.7 Å². The molecule has 0 aliphatic heterocycles. The largest absolute Gasteiger partial charge is 0.478 e. The quantitative estimate of drug-likeness (QED) is 0.566. The summed E-state index contributed by atoms with van der Waals surface area (Å²) in [7, 11) is 0. The van der Waals surface area contributed by atoms with Crippen LogP contribution in [0, 0.1) is 46.3 Å². The molecule has 0 saturated heterocycles. The third-order valence-corrected chi connectivity index (χ3v) is 10.3. The second-order valence-corrected chi connectivity index (χ2v) is 11.4. The Hall–Kier alpha value is -1.12. The molecular formula is C26H40O3. The molecule has 0 radical (unpaired) electrons. The molecular weight excluding hydrogens is 360 g/mol. The summed E-state index contributed by atoms with van der Waals surface area (Å²) in [6, 6.07) is 0. The zero-order valence-electron chi connectivity index (χ0n) is 18.9. The van der Waals surface area contributed by atoms with Crippen LogP contribution >= 0.6 is 0 Å². The Morgan fingerprint density at radius 2 is 1.83 bits per heavy atom. The Kier molecular flexibility index (Phi) is 5.49. The van der Waals surface area contributed by atoms with Crippen LogP contribution in [-0.4, -0.2) is 16.9 Å². The summed E-state index contributed by atoms with van der Waals surface area (Å²) in [5, 5.41) is 9.48. The number of hydrogen-bond donors (Lipinski definition) is 1. The van der Waals surface area contributed by atoms with Gasteiger partial charge in [-0.2, -0.15) is 0 Å². The molecule has 4 saturated carbocycles. The second kappa shape index (κ2) is 7.54. The molecule has 162 valence electrons. The first-order valence-electron chi connectivity index (χ1n) is 12.1. The number of fused-ring (bicyclic) bond motifs is 5. The number of carboxylic acids is 1. The minimum Gasteiger partial charge on any atom is -0.478 e. The maximum atomic E-state index is 13.4. The van der Waals surface area contributed by atoms with Crippen LogP contribution in [0.1, 0.15) is 91.9 Å². The lowest BCUT2D eigenvalue weighted by atomic mass is 9.44. The van der Waals surface area contributed by atoms with E-state index in [4.69, 9.17) is 0 Å². The number of aliphatic carboxylic acids is 1. The summed E-state index contributed by atoms with van der Waals surface area (Å²) in [6.45, 7) is 9.05. The van der Waals surface area contributed by atoms with Crippen LogP contribution in [0.15, 0.2) is 11.6 Å². The fraction of sp³-hybridized carbons (Fsp3) is 0.846. The highest BCUT2D eigenvalue weighted by Crippen LogP contribution is 2.67. The maximum absolute atomic E-state index is 13.4. The van der Waals surface area contributed by atoms with Gasteiger partial charge < -0.3 is 5.11 Å². The number of hydrogen-bond acceptors (Lipinski definition) is 2. The summed E-state index contributed by atoms with van der Waals surface area (Å²) in [6.07, 6.45) is 13.2. The van der Waals surface area contributed by atoms with Crippen LogP contribution in [0.2, 0.25) is 0 Å². The molecule has 4 aliphatic rings. The van der Waals surface area contributed by atoms with E-state index in [0.717, 1.165) is 19.3 Å². The highest BCUT2D eigenvalue weighted by atomic mass is 16.4. The zero-order valence-corrected chi connectivity index (χ0v) is 18.9. The van der Waals surface area contributed by atoms with E-state index in [1.54, 1.807) is 6.08 Å². The molecule has 0 spiro atoms. The van der Waals surface area contributed by atoms with Crippen LogP contribution in [0.4, 0.5) is 0 Å². The van der Waals surface area contributed by atoms with Crippen molar-refractivity contribution in [2.75, 3.05) is 0 Å². The average Bonchev–Trinajstić information content (AvgIpc) is 3.03. The summed E-state index contributed by atoms with van der Waals surface area (Å²) in [5.74, 6) is 2.69. The number of ketones is 1. The van der Waals surface area contributed by atoms with Crippen molar-refractivity contribution in [2.24, 2.45) is 46.3 Å². The highest BCUT2D eigenvalue weighted by molar-refractivity contribution is 5.86. The summed E-state index contributed by atoms with van der Waals surface area (Å²) >= 11 is 0. The predicted molar refractivity (Wildman–Crippen MR) is 115 cm³/mol. The van der Waals surface area contributed by atoms with Gasteiger partial charge >= 0.3 is 5.97 Å². The Balaban J connectivity index is 1.58. The Labute approximate surface area is 176 Å². The third kappa shape index (κ3) is 3.22. The average molecular weight is 401 g/mol. The number of carbonyl (C=O) groups excluding carboxylic acids is 1. The first kappa shape index (κ1) is 21.1. The van der Waals surface area contributed by atoms with Crippen molar-refractivity contribution in [3.63, 3.8) is 0 Å². The Morgan fingerprint density at radius 1 is 1.10 bits per heavy atom. The number of carboxylic acid groups (broad SMARTS) is 1. The fourth-order valence-corrected chi connectivity index (χ4v) is 8.75. The van der Waals surface area contributed by atoms with Crippen molar-refractivity contribution in [1.29, 1.82) is 0 Å². The molecule has 3 heteroatoms. The molecule has 0 unspecified atom stereocenters. The van der Waals surface area contributed by atoms with E-state index in [1.807, 2.05) is 6.92 Å². The van der Waals surface area contributed by atoms with Gasteiger partial charge in [0.15, 0.2) is 0 Å². The van der Waals surface area contributed by atoms with E-state index in [-0.39, 0.29) is 11.3 Å². The molecule has 3 nitrogen and oxygen atoms in total. The standard InChI is InChI=1S/C26H40O3/c1-5-17(24(28)29)14-16(2)19-9-10-20-23-21(11-13-26(19,20)4)25(3)12-7-6-8-18(25)15-22(23)27/h5,16,18-21,23H,6-15H2,1-4H3,(H,28,29)/t16-,18+,19-,20+,21+,23+,25+,26-/m1/s1. The fourth-order valence-electron chi connectivity index (χ4n) is 8.75. The maximum Gasteiger partial charge on any atom is 0.331 e. The number of carbonyl (C=O) groups is 2. The molecule has 0 amide bonds. The van der Waals surface area contributed by atoms with Gasteiger partial charge in [-0.25, -0.2) is 4.79 Å². The van der Waals surface area contributed by atoms with Crippen LogP contribution < -0.4 is 0 Å². The molecule has 4 rings (SSSR count). The van der Waals surface area contributed by atoms with Crippen LogP contribution in [-0.2, 0) is 9.59 Å². The SMILES string of the molecule is CC=C(C[C@@H](C)[C@H]1CC[C@H]2[C@@H]3C(=O)C[C@@H]4CCCC[C@]4(C)[C@H]3CC[C@]12C)C(=O)O. The molecule has 0 aromatic rings. The molecule has 1 N–H and O–H groups in total. The van der Waals surface area contributed by atoms with Gasteiger partial charge in [0.1, 0.15) is 5.78 Å². The molecule has 8 atom stereocenters.